The number of piperidine rings is 2. The summed E-state index contributed by atoms with van der Waals surface area (Å²) in [5, 5.41) is 12.5. The summed E-state index contributed by atoms with van der Waals surface area (Å²) in [4.78, 5) is 71.9. The van der Waals surface area contributed by atoms with Crippen LogP contribution in [0, 0.1) is 6.92 Å². The third-order valence-electron chi connectivity index (χ3n) is 13.7. The van der Waals surface area contributed by atoms with Crippen LogP contribution in [-0.4, -0.2) is 122 Å². The Morgan fingerprint density at radius 3 is 2.31 bits per heavy atom. The van der Waals surface area contributed by atoms with Crippen molar-refractivity contribution in [3.05, 3.63) is 94.9 Å². The molecule has 4 saturated heterocycles. The second-order valence-electron chi connectivity index (χ2n) is 17.5. The van der Waals surface area contributed by atoms with Gasteiger partial charge in [0.2, 0.25) is 11.8 Å². The number of hydrogen-bond donors (Lipinski definition) is 1. The monoisotopic (exact) mass is 879 g/mol. The topological polar surface area (TPSA) is 172 Å². The first-order valence-electron chi connectivity index (χ1n) is 22.3. The van der Waals surface area contributed by atoms with E-state index in [0.717, 1.165) is 102 Å². The van der Waals surface area contributed by atoms with E-state index in [1.54, 1.807) is 35.4 Å². The van der Waals surface area contributed by atoms with Crippen LogP contribution >= 0.6 is 0 Å². The van der Waals surface area contributed by atoms with Crippen molar-refractivity contribution in [3.63, 3.8) is 0 Å². The molecule has 4 amide bonds. The molecule has 6 aromatic rings. The molecule has 336 valence electrons. The van der Waals surface area contributed by atoms with Crippen LogP contribution in [0.5, 0.6) is 6.01 Å². The number of hydrogen-bond acceptors (Lipinski definition) is 12. The van der Waals surface area contributed by atoms with Gasteiger partial charge in [0.1, 0.15) is 5.82 Å². The zero-order valence-electron chi connectivity index (χ0n) is 37.3. The number of aryl methyl sites for hydroxylation is 2. The molecule has 4 fully saturated rings. The number of rotatable bonds is 9. The van der Waals surface area contributed by atoms with Gasteiger partial charge in [0, 0.05) is 107 Å². The minimum atomic E-state index is -0.434. The number of fused-ring (bicyclic) bond motifs is 1. The zero-order valence-corrected chi connectivity index (χ0v) is 37.3. The molecule has 10 rings (SSSR count). The number of pyridine rings is 2. The number of piperazine rings is 1. The Labute approximate surface area is 376 Å². The Morgan fingerprint density at radius 1 is 0.785 bits per heavy atom. The molecule has 4 aliphatic heterocycles. The average molecular weight is 880 g/mol. The lowest BCUT2D eigenvalue weighted by atomic mass is 9.93. The first-order chi connectivity index (χ1) is 31.5. The molecule has 0 radical (unpaired) electrons. The molecule has 0 bridgehead atoms. The second kappa shape index (κ2) is 16.8. The summed E-state index contributed by atoms with van der Waals surface area (Å²) in [7, 11) is 5.03. The number of carbonyl (C=O) groups is 3. The number of imide groups is 1. The van der Waals surface area contributed by atoms with E-state index in [4.69, 9.17) is 14.8 Å². The normalized spacial score (nSPS) is 20.0. The first kappa shape index (κ1) is 41.9. The first-order valence-corrected chi connectivity index (χ1v) is 22.3. The van der Waals surface area contributed by atoms with E-state index >= 15 is 0 Å². The standard InChI is InChI=1S/C47H53N13O5/c1-29-28-58(47(64)59(29)34-7-6-17-48-27-34)43-30(2)35(14-18-49-43)36-10-9-33(60-45(65-5)52-54(4)46(60)63)26-40(36)57-19-15-31(16-20-57)55-21-23-56(24-22-55)32-8-11-37-39(25-32)53(3)51-42(37)38-12-13-41(61)50-44(38)62/h6-11,14,17-18,25-27,29,31,38H,12-13,15-16,19-24,28H2,1-5H3,(H,50,61,62)/t29-,38?/m0/s1. The highest BCUT2D eigenvalue weighted by molar-refractivity contribution is 6.07. The van der Waals surface area contributed by atoms with Gasteiger partial charge < -0.3 is 14.5 Å². The predicted molar refractivity (Wildman–Crippen MR) is 247 cm³/mol. The number of nitrogens with zero attached hydrogens (tertiary/aromatic N) is 12. The molecule has 4 aliphatic rings. The maximum Gasteiger partial charge on any atom is 0.353 e. The van der Waals surface area contributed by atoms with E-state index in [1.807, 2.05) is 49.8 Å². The van der Waals surface area contributed by atoms with Gasteiger partial charge in [-0.2, -0.15) is 5.10 Å². The third-order valence-corrected chi connectivity index (χ3v) is 13.7. The molecule has 0 aliphatic carbocycles. The lowest BCUT2D eigenvalue weighted by Crippen LogP contribution is -2.53. The minimum absolute atomic E-state index is 0.0819. The van der Waals surface area contributed by atoms with Crippen molar-refractivity contribution >= 4 is 51.6 Å². The second-order valence-corrected chi connectivity index (χ2v) is 17.5. The van der Waals surface area contributed by atoms with Gasteiger partial charge in [-0.3, -0.25) is 39.3 Å². The third kappa shape index (κ3) is 7.44. The van der Waals surface area contributed by atoms with Gasteiger partial charge in [-0.15, -0.1) is 5.10 Å². The Kier molecular flexibility index (Phi) is 10.8. The number of benzene rings is 2. The lowest BCUT2D eigenvalue weighted by molar-refractivity contribution is -0.134. The number of urea groups is 1. The molecule has 2 atom stereocenters. The molecule has 18 nitrogen and oxygen atoms in total. The maximum absolute atomic E-state index is 14.0. The van der Waals surface area contributed by atoms with E-state index in [2.05, 4.69) is 60.4 Å². The smallest absolute Gasteiger partial charge is 0.353 e. The number of aromatic nitrogens is 7. The van der Waals surface area contributed by atoms with Crippen molar-refractivity contribution in [1.82, 2.24) is 44.3 Å². The van der Waals surface area contributed by atoms with E-state index in [0.29, 0.717) is 36.9 Å². The number of carbonyl (C=O) groups excluding carboxylic acids is 3. The van der Waals surface area contributed by atoms with Crippen molar-refractivity contribution in [2.45, 2.75) is 57.5 Å². The van der Waals surface area contributed by atoms with Crippen molar-refractivity contribution in [1.29, 1.82) is 0 Å². The van der Waals surface area contributed by atoms with Crippen LogP contribution in [-0.2, 0) is 23.7 Å². The highest BCUT2D eigenvalue weighted by atomic mass is 16.5. The quantitative estimate of drug-likeness (QED) is 0.204. The van der Waals surface area contributed by atoms with Crippen LogP contribution in [0.4, 0.5) is 27.7 Å². The van der Waals surface area contributed by atoms with Crippen LogP contribution < -0.4 is 35.3 Å². The summed E-state index contributed by atoms with van der Waals surface area (Å²) in [6.07, 6.45) is 7.90. The summed E-state index contributed by atoms with van der Waals surface area (Å²) in [5.41, 5.74) is 7.72. The highest BCUT2D eigenvalue weighted by Crippen LogP contribution is 2.40. The summed E-state index contributed by atoms with van der Waals surface area (Å²) in [6.45, 7) is 9.81. The Hall–Kier alpha value is -7.08. The molecule has 18 heteroatoms. The molecule has 65 heavy (non-hydrogen) atoms. The number of nitrogens with one attached hydrogen (secondary N) is 1. The fraction of sp³-hybridized carbons (Fsp3) is 0.404. The van der Waals surface area contributed by atoms with Crippen LogP contribution in [0.15, 0.2) is 78.0 Å². The lowest BCUT2D eigenvalue weighted by Gasteiger charge is -2.44. The van der Waals surface area contributed by atoms with Crippen molar-refractivity contribution in [2.24, 2.45) is 14.1 Å². The fourth-order valence-electron chi connectivity index (χ4n) is 10.3. The molecule has 4 aromatic heterocycles. The van der Waals surface area contributed by atoms with Gasteiger partial charge in [0.25, 0.3) is 0 Å². The predicted octanol–water partition coefficient (Wildman–Crippen LogP) is 4.38. The molecule has 8 heterocycles. The van der Waals surface area contributed by atoms with Crippen molar-refractivity contribution in [3.8, 4) is 22.8 Å². The summed E-state index contributed by atoms with van der Waals surface area (Å²) >= 11 is 0. The number of methoxy groups -OCH3 is 1. The van der Waals surface area contributed by atoms with Crippen LogP contribution in [0.1, 0.15) is 49.8 Å². The minimum Gasteiger partial charge on any atom is -0.467 e. The SMILES string of the molecule is COc1nn(C)c(=O)n1-c1ccc(-c2ccnc(N3C[C@H](C)N(c4cccnc4)C3=O)c2C)c(N2CCC(N3CCN(c4ccc5c(C6CCC(=O)NC6=O)nn(C)c5c4)CC3)CC2)c1. The molecule has 2 aromatic carbocycles. The van der Waals surface area contributed by atoms with Gasteiger partial charge in [-0.1, -0.05) is 6.07 Å². The number of ether oxygens (including phenoxy) is 1. The molecular weight excluding hydrogens is 827 g/mol. The molecule has 1 N–H and O–H groups in total. The van der Waals surface area contributed by atoms with Crippen LogP contribution in [0.3, 0.4) is 0 Å². The number of anilines is 4. The zero-order chi connectivity index (χ0) is 45.1. The molecular formula is C47H53N13O5. The Morgan fingerprint density at radius 2 is 1.57 bits per heavy atom. The largest absolute Gasteiger partial charge is 0.467 e. The van der Waals surface area contributed by atoms with Crippen molar-refractivity contribution < 1.29 is 19.1 Å². The van der Waals surface area contributed by atoms with Gasteiger partial charge in [0.15, 0.2) is 0 Å². The van der Waals surface area contributed by atoms with E-state index in [-0.39, 0.29) is 35.6 Å². The number of amides is 4. The molecule has 1 unspecified atom stereocenters. The van der Waals surface area contributed by atoms with Gasteiger partial charge in [0.05, 0.1) is 47.9 Å². The highest BCUT2D eigenvalue weighted by Gasteiger charge is 2.39. The van der Waals surface area contributed by atoms with Gasteiger partial charge in [-0.05, 0) is 92.8 Å². The Balaban J connectivity index is 0.877. The summed E-state index contributed by atoms with van der Waals surface area (Å²) in [5.74, 6) is -0.327. The van der Waals surface area contributed by atoms with Gasteiger partial charge in [-0.25, -0.2) is 23.8 Å². The van der Waals surface area contributed by atoms with Crippen molar-refractivity contribution in [2.75, 3.05) is 72.5 Å². The summed E-state index contributed by atoms with van der Waals surface area (Å²) in [6, 6.07) is 18.5. The average Bonchev–Trinajstić information content (AvgIpc) is 3.93. The summed E-state index contributed by atoms with van der Waals surface area (Å²) < 4.78 is 10.2. The van der Waals surface area contributed by atoms with E-state index in [1.165, 1.54) is 16.4 Å². The molecule has 0 saturated carbocycles. The fourth-order valence-corrected chi connectivity index (χ4v) is 10.3. The van der Waals surface area contributed by atoms with Gasteiger partial charge >= 0.3 is 17.7 Å². The van der Waals surface area contributed by atoms with E-state index in [9.17, 15) is 19.2 Å². The van der Waals surface area contributed by atoms with Crippen LogP contribution in [0.2, 0.25) is 0 Å². The maximum atomic E-state index is 14.0. The molecule has 0 spiro atoms. The van der Waals surface area contributed by atoms with Crippen LogP contribution in [0.25, 0.3) is 27.7 Å². The van der Waals surface area contributed by atoms with E-state index < -0.39 is 5.92 Å². The Bertz CT molecular complexity index is 2870.